The second-order valence-corrected chi connectivity index (χ2v) is 7.66. The van der Waals surface area contributed by atoms with Gasteiger partial charge in [0.05, 0.1) is 0 Å². The second-order valence-electron chi connectivity index (χ2n) is 7.66. The number of nitrogens with one attached hydrogen (secondary N) is 2. The highest BCUT2D eigenvalue weighted by Gasteiger charge is 2.21. The SMILES string of the molecule is CN=C(NCCNC(=O)C(C)(C)C)N1CCN(CC(C)C)CC1.I. The van der Waals surface area contributed by atoms with Gasteiger partial charge in [-0.05, 0) is 5.92 Å². The molecule has 0 atom stereocenters. The predicted molar refractivity (Wildman–Crippen MR) is 112 cm³/mol. The number of guanidine groups is 1. The molecule has 1 saturated heterocycles. The minimum atomic E-state index is -0.339. The minimum Gasteiger partial charge on any atom is -0.354 e. The van der Waals surface area contributed by atoms with Crippen molar-refractivity contribution >= 4 is 35.8 Å². The van der Waals surface area contributed by atoms with Crippen LogP contribution in [0.4, 0.5) is 0 Å². The Balaban J connectivity index is 0.00000529. The van der Waals surface area contributed by atoms with Gasteiger partial charge in [0.25, 0.3) is 0 Å². The Morgan fingerprint density at radius 2 is 1.62 bits per heavy atom. The topological polar surface area (TPSA) is 60.0 Å². The van der Waals surface area contributed by atoms with E-state index in [1.807, 2.05) is 27.8 Å². The molecule has 7 heteroatoms. The summed E-state index contributed by atoms with van der Waals surface area (Å²) in [5, 5.41) is 6.29. The van der Waals surface area contributed by atoms with E-state index in [1.165, 1.54) is 6.54 Å². The van der Waals surface area contributed by atoms with E-state index in [2.05, 4.69) is 39.3 Å². The maximum Gasteiger partial charge on any atom is 0.225 e. The van der Waals surface area contributed by atoms with Gasteiger partial charge in [-0.25, -0.2) is 0 Å². The minimum absolute atomic E-state index is 0. The molecule has 1 rings (SSSR count). The van der Waals surface area contributed by atoms with E-state index in [4.69, 9.17) is 0 Å². The molecule has 142 valence electrons. The molecule has 1 heterocycles. The molecule has 1 aliphatic heterocycles. The molecule has 2 N–H and O–H groups in total. The standard InChI is InChI=1S/C17H35N5O.HI/c1-14(2)13-21-9-11-22(12-10-21)16(18-6)20-8-7-19-15(23)17(3,4)5;/h14H,7-13H2,1-6H3,(H,18,20)(H,19,23);1H. The fraction of sp³-hybridized carbons (Fsp3) is 0.882. The van der Waals surface area contributed by atoms with Crippen LogP contribution in [0.1, 0.15) is 34.6 Å². The molecule has 0 radical (unpaired) electrons. The van der Waals surface area contributed by atoms with Crippen LogP contribution in [0.3, 0.4) is 0 Å². The molecule has 1 aliphatic rings. The van der Waals surface area contributed by atoms with Crippen molar-refractivity contribution in [3.8, 4) is 0 Å². The highest BCUT2D eigenvalue weighted by molar-refractivity contribution is 14.0. The van der Waals surface area contributed by atoms with Gasteiger partial charge in [-0.2, -0.15) is 0 Å². The third-order valence-electron chi connectivity index (χ3n) is 3.88. The Kier molecular flexibility index (Phi) is 10.9. The highest BCUT2D eigenvalue weighted by atomic mass is 127. The first-order valence-corrected chi connectivity index (χ1v) is 8.70. The Morgan fingerprint density at radius 3 is 2.08 bits per heavy atom. The molecule has 0 aromatic carbocycles. The molecule has 6 nitrogen and oxygen atoms in total. The summed E-state index contributed by atoms with van der Waals surface area (Å²) in [5.74, 6) is 1.72. The van der Waals surface area contributed by atoms with Crippen LogP contribution < -0.4 is 10.6 Å². The molecule has 0 bridgehead atoms. The fourth-order valence-corrected chi connectivity index (χ4v) is 2.61. The lowest BCUT2D eigenvalue weighted by Crippen LogP contribution is -2.53. The number of carbonyl (C=O) groups excluding carboxylic acids is 1. The van der Waals surface area contributed by atoms with Crippen LogP contribution in [-0.2, 0) is 4.79 Å². The van der Waals surface area contributed by atoms with Gasteiger partial charge >= 0.3 is 0 Å². The lowest BCUT2D eigenvalue weighted by atomic mass is 9.96. The van der Waals surface area contributed by atoms with Crippen molar-refractivity contribution in [3.05, 3.63) is 0 Å². The highest BCUT2D eigenvalue weighted by Crippen LogP contribution is 2.11. The monoisotopic (exact) mass is 453 g/mol. The maximum atomic E-state index is 11.8. The molecule has 0 spiro atoms. The van der Waals surface area contributed by atoms with Crippen LogP contribution in [0.15, 0.2) is 4.99 Å². The molecule has 24 heavy (non-hydrogen) atoms. The molecule has 1 fully saturated rings. The van der Waals surface area contributed by atoms with E-state index >= 15 is 0 Å². The normalized spacial score (nSPS) is 16.8. The Morgan fingerprint density at radius 1 is 1.08 bits per heavy atom. The molecule has 0 aromatic heterocycles. The van der Waals surface area contributed by atoms with Gasteiger partial charge in [0.15, 0.2) is 5.96 Å². The Hall–Kier alpha value is -0.570. The summed E-state index contributed by atoms with van der Waals surface area (Å²) in [5.41, 5.74) is -0.339. The third-order valence-corrected chi connectivity index (χ3v) is 3.88. The third kappa shape index (κ3) is 8.50. The number of carbonyl (C=O) groups is 1. The van der Waals surface area contributed by atoms with Crippen LogP contribution in [0.5, 0.6) is 0 Å². The van der Waals surface area contributed by atoms with Gasteiger partial charge < -0.3 is 15.5 Å². The summed E-state index contributed by atoms with van der Waals surface area (Å²) in [6.07, 6.45) is 0. The van der Waals surface area contributed by atoms with Gasteiger partial charge in [-0.15, -0.1) is 24.0 Å². The summed E-state index contributed by atoms with van der Waals surface area (Å²) in [6, 6.07) is 0. The first kappa shape index (κ1) is 23.4. The summed E-state index contributed by atoms with van der Waals surface area (Å²) < 4.78 is 0. The molecular weight excluding hydrogens is 417 g/mol. The summed E-state index contributed by atoms with van der Waals surface area (Å²) >= 11 is 0. The number of piperazine rings is 1. The van der Waals surface area contributed by atoms with E-state index in [-0.39, 0.29) is 35.3 Å². The van der Waals surface area contributed by atoms with E-state index < -0.39 is 0 Å². The smallest absolute Gasteiger partial charge is 0.225 e. The van der Waals surface area contributed by atoms with Crippen LogP contribution in [0, 0.1) is 11.3 Å². The van der Waals surface area contributed by atoms with E-state index in [0.717, 1.165) is 32.1 Å². The number of hydrogen-bond acceptors (Lipinski definition) is 3. The zero-order valence-corrected chi connectivity index (χ0v) is 18.5. The average molecular weight is 453 g/mol. The quantitative estimate of drug-likeness (QED) is 0.288. The first-order chi connectivity index (χ1) is 10.7. The van der Waals surface area contributed by atoms with Crippen molar-refractivity contribution in [2.24, 2.45) is 16.3 Å². The van der Waals surface area contributed by atoms with Crippen molar-refractivity contribution < 1.29 is 4.79 Å². The molecule has 1 amide bonds. The van der Waals surface area contributed by atoms with Gasteiger partial charge in [0.1, 0.15) is 0 Å². The van der Waals surface area contributed by atoms with Crippen molar-refractivity contribution in [1.82, 2.24) is 20.4 Å². The lowest BCUT2D eigenvalue weighted by Gasteiger charge is -2.37. The van der Waals surface area contributed by atoms with Crippen molar-refractivity contribution in [1.29, 1.82) is 0 Å². The number of halogens is 1. The van der Waals surface area contributed by atoms with E-state index in [1.54, 1.807) is 0 Å². The van der Waals surface area contributed by atoms with Crippen LogP contribution in [0.2, 0.25) is 0 Å². The molecule has 0 saturated carbocycles. The largest absolute Gasteiger partial charge is 0.354 e. The summed E-state index contributed by atoms with van der Waals surface area (Å²) in [6.45, 7) is 16.9. The van der Waals surface area contributed by atoms with Crippen LogP contribution in [-0.4, -0.2) is 74.5 Å². The molecular formula is C17H36IN5O. The van der Waals surface area contributed by atoms with Crippen LogP contribution >= 0.6 is 24.0 Å². The average Bonchev–Trinajstić information content (AvgIpc) is 2.46. The maximum absolute atomic E-state index is 11.8. The van der Waals surface area contributed by atoms with Crippen molar-refractivity contribution in [2.45, 2.75) is 34.6 Å². The molecule has 0 aromatic rings. The first-order valence-electron chi connectivity index (χ1n) is 8.70. The number of hydrogen-bond donors (Lipinski definition) is 2. The van der Waals surface area contributed by atoms with Gasteiger partial charge in [0, 0.05) is 58.3 Å². The Labute approximate surface area is 164 Å². The summed E-state index contributed by atoms with van der Waals surface area (Å²) in [7, 11) is 1.82. The lowest BCUT2D eigenvalue weighted by molar-refractivity contribution is -0.128. The molecule has 0 unspecified atom stereocenters. The van der Waals surface area contributed by atoms with Crippen molar-refractivity contribution in [3.63, 3.8) is 0 Å². The number of amides is 1. The summed E-state index contributed by atoms with van der Waals surface area (Å²) in [4.78, 5) is 21.0. The predicted octanol–water partition coefficient (Wildman–Crippen LogP) is 1.62. The van der Waals surface area contributed by atoms with Crippen molar-refractivity contribution in [2.75, 3.05) is 52.9 Å². The van der Waals surface area contributed by atoms with Gasteiger partial charge in [0.2, 0.25) is 5.91 Å². The zero-order chi connectivity index (χ0) is 17.5. The van der Waals surface area contributed by atoms with Gasteiger partial charge in [-0.3, -0.25) is 14.7 Å². The number of rotatable bonds is 5. The Bertz CT molecular complexity index is 398. The zero-order valence-electron chi connectivity index (χ0n) is 16.2. The number of aliphatic imine (C=N–C) groups is 1. The van der Waals surface area contributed by atoms with E-state index in [0.29, 0.717) is 19.0 Å². The number of nitrogens with zero attached hydrogens (tertiary/aromatic N) is 3. The second kappa shape index (κ2) is 11.1. The van der Waals surface area contributed by atoms with Crippen LogP contribution in [0.25, 0.3) is 0 Å². The van der Waals surface area contributed by atoms with Gasteiger partial charge in [-0.1, -0.05) is 34.6 Å². The van der Waals surface area contributed by atoms with E-state index in [9.17, 15) is 4.79 Å². The fourth-order valence-electron chi connectivity index (χ4n) is 2.61. The molecule has 0 aliphatic carbocycles.